The van der Waals surface area contributed by atoms with Crippen LogP contribution in [0.2, 0.25) is 0 Å². The van der Waals surface area contributed by atoms with E-state index in [1.54, 1.807) is 27.7 Å². The van der Waals surface area contributed by atoms with Crippen molar-refractivity contribution in [3.8, 4) is 0 Å². The van der Waals surface area contributed by atoms with Gasteiger partial charge in [-0.1, -0.05) is 30.3 Å². The van der Waals surface area contributed by atoms with Gasteiger partial charge in [0.05, 0.1) is 0 Å². The van der Waals surface area contributed by atoms with E-state index in [4.69, 9.17) is 9.47 Å². The van der Waals surface area contributed by atoms with Crippen LogP contribution in [-0.2, 0) is 16.1 Å². The number of hydrogen-bond acceptors (Lipinski definition) is 4. The zero-order valence-electron chi connectivity index (χ0n) is 13.5. The first kappa shape index (κ1) is 17.8. The molecule has 0 saturated heterocycles. The summed E-state index contributed by atoms with van der Waals surface area (Å²) in [5, 5.41) is 5.22. The van der Waals surface area contributed by atoms with Gasteiger partial charge in [0.15, 0.2) is 0 Å². The fourth-order valence-electron chi connectivity index (χ4n) is 1.57. The predicted molar refractivity (Wildman–Crippen MR) is 83.5 cm³/mol. The third kappa shape index (κ3) is 8.14. The summed E-state index contributed by atoms with van der Waals surface area (Å²) in [5.41, 5.74) is 0.368. The van der Waals surface area contributed by atoms with Crippen LogP contribution in [0.4, 0.5) is 9.59 Å². The van der Waals surface area contributed by atoms with Crippen molar-refractivity contribution in [1.82, 2.24) is 10.6 Å². The molecule has 0 bridgehead atoms. The number of alkyl carbamates (subject to hydrolysis) is 2. The second kappa shape index (κ2) is 8.26. The molecule has 2 N–H and O–H groups in total. The molecule has 0 aliphatic heterocycles. The summed E-state index contributed by atoms with van der Waals surface area (Å²) in [5.74, 6) is 0. The maximum absolute atomic E-state index is 11.6. The van der Waals surface area contributed by atoms with Crippen LogP contribution in [0.5, 0.6) is 0 Å². The summed E-state index contributed by atoms with van der Waals surface area (Å²) in [6, 6.07) is 9.14. The summed E-state index contributed by atoms with van der Waals surface area (Å²) in [4.78, 5) is 23.1. The van der Waals surface area contributed by atoms with Crippen molar-refractivity contribution in [1.29, 1.82) is 0 Å². The topological polar surface area (TPSA) is 76.7 Å². The van der Waals surface area contributed by atoms with Crippen molar-refractivity contribution in [2.75, 3.05) is 6.54 Å². The normalized spacial score (nSPS) is 12.2. The van der Waals surface area contributed by atoms with Crippen LogP contribution in [0.25, 0.3) is 0 Å². The van der Waals surface area contributed by atoms with E-state index < -0.39 is 17.8 Å². The average Bonchev–Trinajstić information content (AvgIpc) is 2.42. The highest BCUT2D eigenvalue weighted by Crippen LogP contribution is 2.06. The highest BCUT2D eigenvalue weighted by molar-refractivity contribution is 5.69. The Morgan fingerprint density at radius 1 is 1.14 bits per heavy atom. The molecule has 2 amide bonds. The number of benzene rings is 1. The standard InChI is InChI=1S/C16H24N2O4/c1-12(10-17-14(19)22-16(2,3)4)18-15(20)21-11-13-8-6-5-7-9-13/h5-9,12H,10-11H2,1-4H3,(H,17,19)(H,18,20). The number of carbonyl (C=O) groups excluding carboxylic acids is 2. The van der Waals surface area contributed by atoms with Gasteiger partial charge in [0, 0.05) is 12.6 Å². The average molecular weight is 308 g/mol. The summed E-state index contributed by atoms with van der Waals surface area (Å²) in [6.07, 6.45) is -1.04. The van der Waals surface area contributed by atoms with E-state index in [9.17, 15) is 9.59 Å². The van der Waals surface area contributed by atoms with E-state index in [1.807, 2.05) is 30.3 Å². The Morgan fingerprint density at radius 3 is 2.36 bits per heavy atom. The fourth-order valence-corrected chi connectivity index (χ4v) is 1.57. The Morgan fingerprint density at radius 2 is 1.77 bits per heavy atom. The second-order valence-electron chi connectivity index (χ2n) is 5.99. The van der Waals surface area contributed by atoms with Crippen molar-refractivity contribution in [3.05, 3.63) is 35.9 Å². The number of nitrogens with one attached hydrogen (secondary N) is 2. The molecule has 0 heterocycles. The van der Waals surface area contributed by atoms with E-state index in [1.165, 1.54) is 0 Å². The minimum Gasteiger partial charge on any atom is -0.445 e. The van der Waals surface area contributed by atoms with E-state index in [0.29, 0.717) is 0 Å². The number of carbonyl (C=O) groups is 2. The van der Waals surface area contributed by atoms with Gasteiger partial charge in [-0.15, -0.1) is 0 Å². The van der Waals surface area contributed by atoms with Crippen molar-refractivity contribution in [2.45, 2.75) is 45.9 Å². The first-order chi connectivity index (χ1) is 10.3. The molecule has 0 aliphatic rings. The molecule has 1 unspecified atom stereocenters. The van der Waals surface area contributed by atoms with E-state index in [-0.39, 0.29) is 19.2 Å². The maximum Gasteiger partial charge on any atom is 0.407 e. The Labute approximate surface area is 131 Å². The molecule has 6 heteroatoms. The third-order valence-corrected chi connectivity index (χ3v) is 2.53. The van der Waals surface area contributed by atoms with Crippen LogP contribution in [0.1, 0.15) is 33.3 Å². The van der Waals surface area contributed by atoms with Gasteiger partial charge in [-0.2, -0.15) is 0 Å². The lowest BCUT2D eigenvalue weighted by Crippen LogP contribution is -2.43. The van der Waals surface area contributed by atoms with E-state index in [0.717, 1.165) is 5.56 Å². The summed E-state index contributed by atoms with van der Waals surface area (Å²) >= 11 is 0. The molecule has 0 fully saturated rings. The molecule has 1 atom stereocenters. The molecule has 0 spiro atoms. The zero-order chi connectivity index (χ0) is 16.6. The lowest BCUT2D eigenvalue weighted by atomic mass is 10.2. The Balaban J connectivity index is 2.22. The van der Waals surface area contributed by atoms with Gasteiger partial charge < -0.3 is 20.1 Å². The zero-order valence-corrected chi connectivity index (χ0v) is 13.5. The van der Waals surface area contributed by atoms with E-state index in [2.05, 4.69) is 10.6 Å². The quantitative estimate of drug-likeness (QED) is 0.877. The minimum absolute atomic E-state index is 0.207. The van der Waals surface area contributed by atoms with Crippen LogP contribution in [0.3, 0.4) is 0 Å². The second-order valence-corrected chi connectivity index (χ2v) is 5.99. The highest BCUT2D eigenvalue weighted by atomic mass is 16.6. The van der Waals surface area contributed by atoms with Crippen molar-refractivity contribution in [2.24, 2.45) is 0 Å². The van der Waals surface area contributed by atoms with Gasteiger partial charge in [-0.05, 0) is 33.3 Å². The molecular weight excluding hydrogens is 284 g/mol. The lowest BCUT2D eigenvalue weighted by molar-refractivity contribution is 0.0521. The molecule has 1 aromatic carbocycles. The van der Waals surface area contributed by atoms with Crippen LogP contribution >= 0.6 is 0 Å². The summed E-state index contributed by atoms with van der Waals surface area (Å²) in [6.45, 7) is 7.59. The van der Waals surface area contributed by atoms with Crippen LogP contribution in [-0.4, -0.2) is 30.4 Å². The molecule has 22 heavy (non-hydrogen) atoms. The van der Waals surface area contributed by atoms with Crippen LogP contribution < -0.4 is 10.6 Å². The first-order valence-corrected chi connectivity index (χ1v) is 7.20. The van der Waals surface area contributed by atoms with Gasteiger partial charge in [0.25, 0.3) is 0 Å². The molecular formula is C16H24N2O4. The molecule has 0 aliphatic carbocycles. The lowest BCUT2D eigenvalue weighted by Gasteiger charge is -2.21. The maximum atomic E-state index is 11.6. The molecule has 0 saturated carbocycles. The Kier molecular flexibility index (Phi) is 6.69. The third-order valence-electron chi connectivity index (χ3n) is 2.53. The SMILES string of the molecule is CC(CNC(=O)OC(C)(C)C)NC(=O)OCc1ccccc1. The Bertz CT molecular complexity index is 483. The van der Waals surface area contributed by atoms with Gasteiger partial charge in [0.2, 0.25) is 0 Å². The fraction of sp³-hybridized carbons (Fsp3) is 0.500. The number of amides is 2. The van der Waals surface area contributed by atoms with Crippen LogP contribution in [0.15, 0.2) is 30.3 Å². The monoisotopic (exact) mass is 308 g/mol. The first-order valence-electron chi connectivity index (χ1n) is 7.20. The van der Waals surface area contributed by atoms with Gasteiger partial charge in [-0.25, -0.2) is 9.59 Å². The molecule has 0 radical (unpaired) electrons. The largest absolute Gasteiger partial charge is 0.445 e. The predicted octanol–water partition coefficient (Wildman–Crippen LogP) is 2.83. The van der Waals surface area contributed by atoms with Gasteiger partial charge >= 0.3 is 12.2 Å². The molecule has 1 aromatic rings. The van der Waals surface area contributed by atoms with Gasteiger partial charge in [-0.3, -0.25) is 0 Å². The van der Waals surface area contributed by atoms with Crippen molar-refractivity contribution >= 4 is 12.2 Å². The Hall–Kier alpha value is -2.24. The number of ether oxygens (including phenoxy) is 2. The molecule has 122 valence electrons. The van der Waals surface area contributed by atoms with Crippen LogP contribution in [0, 0.1) is 0 Å². The molecule has 0 aromatic heterocycles. The number of rotatable bonds is 5. The van der Waals surface area contributed by atoms with Crippen molar-refractivity contribution in [3.63, 3.8) is 0 Å². The van der Waals surface area contributed by atoms with E-state index >= 15 is 0 Å². The van der Waals surface area contributed by atoms with Crippen molar-refractivity contribution < 1.29 is 19.1 Å². The van der Waals surface area contributed by atoms with Gasteiger partial charge in [0.1, 0.15) is 12.2 Å². The highest BCUT2D eigenvalue weighted by Gasteiger charge is 2.17. The number of hydrogen-bond donors (Lipinski definition) is 2. The molecule has 6 nitrogen and oxygen atoms in total. The smallest absolute Gasteiger partial charge is 0.407 e. The molecule has 1 rings (SSSR count). The minimum atomic E-state index is -0.546. The summed E-state index contributed by atoms with van der Waals surface area (Å²) < 4.78 is 10.2. The summed E-state index contributed by atoms with van der Waals surface area (Å²) in [7, 11) is 0.